The van der Waals surface area contributed by atoms with Crippen molar-refractivity contribution in [1.82, 2.24) is 20.3 Å². The molecule has 0 spiro atoms. The van der Waals surface area contributed by atoms with Crippen molar-refractivity contribution in [2.24, 2.45) is 0 Å². The molecule has 3 N–H and O–H groups in total. The number of anilines is 1. The lowest BCUT2D eigenvalue weighted by atomic mass is 10.0. The fraction of sp³-hybridized carbons (Fsp3) is 0.353. The van der Waals surface area contributed by atoms with E-state index in [1.54, 1.807) is 24.3 Å². The lowest BCUT2D eigenvalue weighted by Gasteiger charge is -2.24. The number of aromatic nitrogens is 3. The lowest BCUT2D eigenvalue weighted by Crippen LogP contribution is -2.42. The van der Waals surface area contributed by atoms with Crippen molar-refractivity contribution in [3.63, 3.8) is 0 Å². The Bertz CT molecular complexity index is 811. The smallest absolute Gasteiger partial charge is 0.358 e. The van der Waals surface area contributed by atoms with Crippen molar-refractivity contribution in [2.45, 2.75) is 39.3 Å². The molecule has 0 radical (unpaired) electrons. The normalized spacial score (nSPS) is 11.0. The molecule has 26 heavy (non-hydrogen) atoms. The van der Waals surface area contributed by atoms with Gasteiger partial charge in [0.1, 0.15) is 6.54 Å². The standard InChI is InChI=1S/C17H21N5O4/c1-4-17(2,3)19-15(24)11-5-7-12(8-6-11)18-14(23)10-22-9-13(16(25)26)20-21-22/h5-9H,4,10H2,1-3H3,(H,18,23)(H,19,24)(H,25,26). The summed E-state index contributed by atoms with van der Waals surface area (Å²) in [6, 6.07) is 6.48. The highest BCUT2D eigenvalue weighted by atomic mass is 16.4. The third-order valence-corrected chi connectivity index (χ3v) is 3.83. The van der Waals surface area contributed by atoms with E-state index >= 15 is 0 Å². The highest BCUT2D eigenvalue weighted by molar-refractivity contribution is 5.96. The number of aromatic carboxylic acids is 1. The number of nitrogens with one attached hydrogen (secondary N) is 2. The van der Waals surface area contributed by atoms with Gasteiger partial charge in [0.15, 0.2) is 5.69 Å². The van der Waals surface area contributed by atoms with Gasteiger partial charge in [-0.25, -0.2) is 9.48 Å². The number of amides is 2. The summed E-state index contributed by atoms with van der Waals surface area (Å²) in [5, 5.41) is 21.4. The van der Waals surface area contributed by atoms with E-state index in [1.165, 1.54) is 6.20 Å². The van der Waals surface area contributed by atoms with Gasteiger partial charge in [-0.1, -0.05) is 12.1 Å². The number of carboxylic acid groups (broad SMARTS) is 1. The van der Waals surface area contributed by atoms with Crippen molar-refractivity contribution in [2.75, 3.05) is 5.32 Å². The van der Waals surface area contributed by atoms with Gasteiger partial charge in [0.05, 0.1) is 6.20 Å². The van der Waals surface area contributed by atoms with E-state index in [9.17, 15) is 14.4 Å². The minimum atomic E-state index is -1.21. The van der Waals surface area contributed by atoms with E-state index < -0.39 is 11.9 Å². The van der Waals surface area contributed by atoms with Gasteiger partial charge in [0, 0.05) is 16.8 Å². The zero-order valence-corrected chi connectivity index (χ0v) is 14.8. The monoisotopic (exact) mass is 359 g/mol. The molecular formula is C17H21N5O4. The Morgan fingerprint density at radius 2 is 1.85 bits per heavy atom. The van der Waals surface area contributed by atoms with Gasteiger partial charge < -0.3 is 15.7 Å². The Kier molecular flexibility index (Phi) is 5.71. The predicted octanol–water partition coefficient (Wildman–Crippen LogP) is 1.53. The molecule has 0 bridgehead atoms. The Morgan fingerprint density at radius 1 is 1.19 bits per heavy atom. The second-order valence-electron chi connectivity index (χ2n) is 6.42. The van der Waals surface area contributed by atoms with Gasteiger partial charge in [0.25, 0.3) is 5.91 Å². The van der Waals surface area contributed by atoms with Crippen LogP contribution in [-0.2, 0) is 11.3 Å². The van der Waals surface area contributed by atoms with Gasteiger partial charge in [-0.3, -0.25) is 9.59 Å². The van der Waals surface area contributed by atoms with Crippen LogP contribution >= 0.6 is 0 Å². The van der Waals surface area contributed by atoms with Crippen LogP contribution in [0.25, 0.3) is 0 Å². The topological polar surface area (TPSA) is 126 Å². The van der Waals surface area contributed by atoms with E-state index in [2.05, 4.69) is 20.9 Å². The second-order valence-corrected chi connectivity index (χ2v) is 6.42. The summed E-state index contributed by atoms with van der Waals surface area (Å²) in [7, 11) is 0. The van der Waals surface area contributed by atoms with Crippen molar-refractivity contribution in [1.29, 1.82) is 0 Å². The summed E-state index contributed by atoms with van der Waals surface area (Å²) in [4.78, 5) is 34.9. The minimum Gasteiger partial charge on any atom is -0.476 e. The molecule has 2 rings (SSSR count). The minimum absolute atomic E-state index is 0.173. The molecule has 0 fully saturated rings. The van der Waals surface area contributed by atoms with Gasteiger partial charge in [0.2, 0.25) is 5.91 Å². The first-order valence-corrected chi connectivity index (χ1v) is 8.06. The van der Waals surface area contributed by atoms with Gasteiger partial charge >= 0.3 is 5.97 Å². The maximum atomic E-state index is 12.2. The van der Waals surface area contributed by atoms with Crippen LogP contribution in [0.15, 0.2) is 30.5 Å². The number of benzene rings is 1. The molecule has 1 aromatic carbocycles. The van der Waals surface area contributed by atoms with Crippen molar-refractivity contribution < 1.29 is 19.5 Å². The second kappa shape index (κ2) is 7.77. The van der Waals surface area contributed by atoms with Crippen LogP contribution in [0.3, 0.4) is 0 Å². The molecule has 0 atom stereocenters. The number of carbonyl (C=O) groups is 3. The molecular weight excluding hydrogens is 338 g/mol. The molecule has 9 nitrogen and oxygen atoms in total. The predicted molar refractivity (Wildman–Crippen MR) is 93.9 cm³/mol. The van der Waals surface area contributed by atoms with Crippen molar-refractivity contribution in [3.05, 3.63) is 41.7 Å². The Balaban J connectivity index is 1.94. The third-order valence-electron chi connectivity index (χ3n) is 3.83. The van der Waals surface area contributed by atoms with Crippen LogP contribution in [-0.4, -0.2) is 43.4 Å². The van der Waals surface area contributed by atoms with E-state index in [0.29, 0.717) is 11.3 Å². The number of rotatable bonds is 7. The molecule has 0 aliphatic heterocycles. The summed E-state index contributed by atoms with van der Waals surface area (Å²) in [5.41, 5.74) is 0.478. The Labute approximate surface area is 150 Å². The highest BCUT2D eigenvalue weighted by Gasteiger charge is 2.18. The van der Waals surface area contributed by atoms with Gasteiger partial charge in [-0.15, -0.1) is 5.10 Å². The van der Waals surface area contributed by atoms with Gasteiger partial charge in [-0.05, 0) is 44.5 Å². The fourth-order valence-corrected chi connectivity index (χ4v) is 1.99. The zero-order valence-electron chi connectivity index (χ0n) is 14.8. The summed E-state index contributed by atoms with van der Waals surface area (Å²) in [6.45, 7) is 5.71. The van der Waals surface area contributed by atoms with Crippen LogP contribution in [0.2, 0.25) is 0 Å². The maximum Gasteiger partial charge on any atom is 0.358 e. The summed E-state index contributed by atoms with van der Waals surface area (Å²) >= 11 is 0. The Morgan fingerprint density at radius 3 is 2.38 bits per heavy atom. The number of hydrogen-bond donors (Lipinski definition) is 3. The molecule has 0 saturated carbocycles. The molecule has 0 aliphatic rings. The molecule has 0 unspecified atom stereocenters. The van der Waals surface area contributed by atoms with Crippen LogP contribution in [0.1, 0.15) is 48.0 Å². The van der Waals surface area contributed by atoms with Crippen molar-refractivity contribution >= 4 is 23.5 Å². The first kappa shape index (κ1) is 19.1. The SMILES string of the molecule is CCC(C)(C)NC(=O)c1ccc(NC(=O)Cn2cc(C(=O)O)nn2)cc1. The zero-order chi connectivity index (χ0) is 19.3. The maximum absolute atomic E-state index is 12.2. The molecule has 138 valence electrons. The van der Waals surface area contributed by atoms with Gasteiger partial charge in [-0.2, -0.15) is 0 Å². The highest BCUT2D eigenvalue weighted by Crippen LogP contribution is 2.13. The van der Waals surface area contributed by atoms with Crippen LogP contribution < -0.4 is 10.6 Å². The number of hydrogen-bond acceptors (Lipinski definition) is 5. The molecule has 2 aromatic rings. The van der Waals surface area contributed by atoms with E-state index in [-0.39, 0.29) is 23.7 Å². The number of carboxylic acids is 1. The van der Waals surface area contributed by atoms with Crippen LogP contribution in [0.4, 0.5) is 5.69 Å². The molecule has 0 aliphatic carbocycles. The summed E-state index contributed by atoms with van der Waals surface area (Å²) in [6.07, 6.45) is 1.98. The van der Waals surface area contributed by atoms with Crippen LogP contribution in [0.5, 0.6) is 0 Å². The lowest BCUT2D eigenvalue weighted by molar-refractivity contribution is -0.116. The average molecular weight is 359 g/mol. The fourth-order valence-electron chi connectivity index (χ4n) is 1.99. The largest absolute Gasteiger partial charge is 0.476 e. The number of carbonyl (C=O) groups excluding carboxylic acids is 2. The Hall–Kier alpha value is -3.23. The number of nitrogens with zero attached hydrogens (tertiary/aromatic N) is 3. The first-order valence-electron chi connectivity index (χ1n) is 8.06. The molecule has 9 heteroatoms. The van der Waals surface area contributed by atoms with Crippen LogP contribution in [0, 0.1) is 0 Å². The molecule has 1 aromatic heterocycles. The quantitative estimate of drug-likeness (QED) is 0.688. The third kappa shape index (κ3) is 5.13. The van der Waals surface area contributed by atoms with Crippen molar-refractivity contribution in [3.8, 4) is 0 Å². The van der Waals surface area contributed by atoms with E-state index in [1.807, 2.05) is 20.8 Å². The van der Waals surface area contributed by atoms with E-state index in [0.717, 1.165) is 11.1 Å². The molecule has 2 amide bonds. The van der Waals surface area contributed by atoms with E-state index in [4.69, 9.17) is 5.11 Å². The molecule has 1 heterocycles. The average Bonchev–Trinajstić information content (AvgIpc) is 3.03. The summed E-state index contributed by atoms with van der Waals surface area (Å²) in [5.74, 6) is -1.79. The summed E-state index contributed by atoms with van der Waals surface area (Å²) < 4.78 is 1.13. The first-order chi connectivity index (χ1) is 12.2. The molecule has 0 saturated heterocycles.